The molecule has 0 heterocycles. The molecule has 0 saturated heterocycles. The first-order valence-electron chi connectivity index (χ1n) is 6.55. The number of halogens is 2. The third-order valence-corrected chi connectivity index (χ3v) is 3.44. The van der Waals surface area contributed by atoms with Gasteiger partial charge in [0.25, 0.3) is 0 Å². The molecule has 20 heavy (non-hydrogen) atoms. The van der Waals surface area contributed by atoms with Crippen LogP contribution in [0.25, 0.3) is 0 Å². The van der Waals surface area contributed by atoms with Crippen LogP contribution in [-0.4, -0.2) is 37.7 Å². The van der Waals surface area contributed by atoms with Gasteiger partial charge in [0.2, 0.25) is 0 Å². The zero-order chi connectivity index (χ0) is 15.0. The van der Waals surface area contributed by atoms with Gasteiger partial charge in [-0.15, -0.1) is 0 Å². The molecule has 0 bridgehead atoms. The van der Waals surface area contributed by atoms with Crippen LogP contribution in [0, 0.1) is 0 Å². The van der Waals surface area contributed by atoms with Crippen molar-refractivity contribution in [1.82, 2.24) is 10.2 Å². The Labute approximate surface area is 130 Å². The first kappa shape index (κ1) is 17.1. The minimum atomic E-state index is -0.118. The summed E-state index contributed by atoms with van der Waals surface area (Å²) in [6.07, 6.45) is 0.806. The van der Waals surface area contributed by atoms with Crippen LogP contribution in [-0.2, 0) is 11.3 Å². The average Bonchev–Trinajstić information content (AvgIpc) is 2.42. The molecule has 0 radical (unpaired) electrons. The molecule has 0 aliphatic rings. The maximum absolute atomic E-state index is 11.8. The minimum Gasteiger partial charge on any atom is -0.382 e. The van der Waals surface area contributed by atoms with Gasteiger partial charge >= 0.3 is 6.03 Å². The van der Waals surface area contributed by atoms with Gasteiger partial charge in [-0.25, -0.2) is 4.79 Å². The Morgan fingerprint density at radius 3 is 2.75 bits per heavy atom. The number of ether oxygens (including phenoxy) is 1. The molecule has 1 aromatic rings. The highest BCUT2D eigenvalue weighted by Gasteiger charge is 2.09. The first-order valence-corrected chi connectivity index (χ1v) is 7.30. The Morgan fingerprint density at radius 2 is 2.10 bits per heavy atom. The van der Waals surface area contributed by atoms with Crippen molar-refractivity contribution in [2.45, 2.75) is 19.9 Å². The van der Waals surface area contributed by atoms with E-state index in [1.807, 2.05) is 13.0 Å². The fraction of sp³-hybridized carbons (Fsp3) is 0.500. The molecular formula is C14H20Cl2N2O2. The Morgan fingerprint density at radius 1 is 1.35 bits per heavy atom. The molecule has 0 aliphatic heterocycles. The largest absolute Gasteiger partial charge is 0.382 e. The summed E-state index contributed by atoms with van der Waals surface area (Å²) in [6.45, 7) is 4.39. The van der Waals surface area contributed by atoms with Crippen LogP contribution in [0.5, 0.6) is 0 Å². The summed E-state index contributed by atoms with van der Waals surface area (Å²) in [4.78, 5) is 13.4. The quantitative estimate of drug-likeness (QED) is 0.781. The predicted molar refractivity (Wildman–Crippen MR) is 82.4 cm³/mol. The third-order valence-electron chi connectivity index (χ3n) is 2.70. The van der Waals surface area contributed by atoms with Gasteiger partial charge in [-0.3, -0.25) is 0 Å². The fourth-order valence-electron chi connectivity index (χ4n) is 1.63. The van der Waals surface area contributed by atoms with Gasteiger partial charge in [0.15, 0.2) is 0 Å². The first-order chi connectivity index (χ1) is 9.54. The van der Waals surface area contributed by atoms with Crippen LogP contribution in [0.15, 0.2) is 18.2 Å². The standard InChI is InChI=1S/C14H20Cl2N2O2/c1-3-20-8-4-7-17-14(19)18(2)10-11-5-6-12(15)13(16)9-11/h5-6,9H,3-4,7-8,10H2,1-2H3,(H,17,19). The Kier molecular flexibility index (Phi) is 7.73. The van der Waals surface area contributed by atoms with Gasteiger partial charge in [-0.05, 0) is 31.0 Å². The van der Waals surface area contributed by atoms with Gasteiger partial charge < -0.3 is 15.0 Å². The van der Waals surface area contributed by atoms with Crippen LogP contribution in [0.4, 0.5) is 4.79 Å². The number of rotatable bonds is 7. The van der Waals surface area contributed by atoms with Crippen molar-refractivity contribution < 1.29 is 9.53 Å². The highest BCUT2D eigenvalue weighted by Crippen LogP contribution is 2.23. The predicted octanol–water partition coefficient (Wildman–Crippen LogP) is 3.56. The maximum Gasteiger partial charge on any atom is 0.317 e. The summed E-state index contributed by atoms with van der Waals surface area (Å²) < 4.78 is 5.20. The summed E-state index contributed by atoms with van der Waals surface area (Å²) in [5.41, 5.74) is 0.936. The molecule has 0 atom stereocenters. The number of carbonyl (C=O) groups excluding carboxylic acids is 1. The molecule has 112 valence electrons. The van der Waals surface area contributed by atoms with E-state index in [0.717, 1.165) is 12.0 Å². The summed E-state index contributed by atoms with van der Waals surface area (Å²) in [6, 6.07) is 5.23. The molecule has 0 saturated carbocycles. The number of nitrogens with zero attached hydrogens (tertiary/aromatic N) is 1. The highest BCUT2D eigenvalue weighted by atomic mass is 35.5. The van der Waals surface area contributed by atoms with Crippen LogP contribution < -0.4 is 5.32 Å². The van der Waals surface area contributed by atoms with Crippen LogP contribution in [0.2, 0.25) is 10.0 Å². The van der Waals surface area contributed by atoms with Gasteiger partial charge in [-0.2, -0.15) is 0 Å². The molecule has 0 aliphatic carbocycles. The van der Waals surface area contributed by atoms with E-state index in [4.69, 9.17) is 27.9 Å². The van der Waals surface area contributed by atoms with E-state index in [2.05, 4.69) is 5.32 Å². The number of nitrogens with one attached hydrogen (secondary N) is 1. The van der Waals surface area contributed by atoms with Gasteiger partial charge in [-0.1, -0.05) is 29.3 Å². The lowest BCUT2D eigenvalue weighted by molar-refractivity contribution is 0.144. The zero-order valence-electron chi connectivity index (χ0n) is 11.8. The van der Waals surface area contributed by atoms with Crippen LogP contribution >= 0.6 is 23.2 Å². The second-order valence-electron chi connectivity index (χ2n) is 4.39. The topological polar surface area (TPSA) is 41.6 Å². The van der Waals surface area contributed by atoms with E-state index in [1.54, 1.807) is 24.1 Å². The molecule has 2 amide bonds. The molecule has 0 spiro atoms. The number of amides is 2. The Bertz CT molecular complexity index is 441. The number of urea groups is 1. The lowest BCUT2D eigenvalue weighted by atomic mass is 10.2. The van der Waals surface area contributed by atoms with Gasteiger partial charge in [0.1, 0.15) is 0 Å². The zero-order valence-corrected chi connectivity index (χ0v) is 13.3. The van der Waals surface area contributed by atoms with E-state index in [0.29, 0.717) is 36.3 Å². The van der Waals surface area contributed by atoms with Crippen molar-refractivity contribution in [1.29, 1.82) is 0 Å². The summed E-state index contributed by atoms with van der Waals surface area (Å²) in [5, 5.41) is 3.84. The lowest BCUT2D eigenvalue weighted by Crippen LogP contribution is -2.37. The van der Waals surface area contributed by atoms with Crippen LogP contribution in [0.1, 0.15) is 18.9 Å². The van der Waals surface area contributed by atoms with E-state index in [9.17, 15) is 4.79 Å². The van der Waals surface area contributed by atoms with Gasteiger partial charge in [0, 0.05) is 33.4 Å². The normalized spacial score (nSPS) is 10.4. The number of hydrogen-bond acceptors (Lipinski definition) is 2. The maximum atomic E-state index is 11.8. The molecule has 1 aromatic carbocycles. The summed E-state index contributed by atoms with van der Waals surface area (Å²) >= 11 is 11.8. The highest BCUT2D eigenvalue weighted by molar-refractivity contribution is 6.42. The number of carbonyl (C=O) groups is 1. The van der Waals surface area contributed by atoms with Crippen molar-refractivity contribution in [3.8, 4) is 0 Å². The second-order valence-corrected chi connectivity index (χ2v) is 5.20. The average molecular weight is 319 g/mol. The summed E-state index contributed by atoms with van der Waals surface area (Å²) in [7, 11) is 1.74. The molecule has 1 N–H and O–H groups in total. The third kappa shape index (κ3) is 5.99. The number of benzene rings is 1. The van der Waals surface area contributed by atoms with Crippen molar-refractivity contribution in [3.63, 3.8) is 0 Å². The molecule has 0 aromatic heterocycles. The number of hydrogen-bond donors (Lipinski definition) is 1. The van der Waals surface area contributed by atoms with Crippen molar-refractivity contribution in [3.05, 3.63) is 33.8 Å². The van der Waals surface area contributed by atoms with E-state index >= 15 is 0 Å². The fourth-order valence-corrected chi connectivity index (χ4v) is 1.95. The molecule has 6 heteroatoms. The monoisotopic (exact) mass is 318 g/mol. The molecule has 0 unspecified atom stereocenters. The van der Waals surface area contributed by atoms with E-state index in [-0.39, 0.29) is 6.03 Å². The molecule has 0 fully saturated rings. The van der Waals surface area contributed by atoms with E-state index < -0.39 is 0 Å². The SMILES string of the molecule is CCOCCCNC(=O)N(C)Cc1ccc(Cl)c(Cl)c1. The van der Waals surface area contributed by atoms with Gasteiger partial charge in [0.05, 0.1) is 10.0 Å². The smallest absolute Gasteiger partial charge is 0.317 e. The minimum absolute atomic E-state index is 0.118. The van der Waals surface area contributed by atoms with E-state index in [1.165, 1.54) is 0 Å². The van der Waals surface area contributed by atoms with Crippen molar-refractivity contribution in [2.75, 3.05) is 26.8 Å². The molecule has 4 nitrogen and oxygen atoms in total. The Hall–Kier alpha value is -0.970. The summed E-state index contributed by atoms with van der Waals surface area (Å²) in [5.74, 6) is 0. The Balaban J connectivity index is 2.35. The molecular weight excluding hydrogens is 299 g/mol. The van der Waals surface area contributed by atoms with Crippen molar-refractivity contribution >= 4 is 29.2 Å². The lowest BCUT2D eigenvalue weighted by Gasteiger charge is -2.18. The van der Waals surface area contributed by atoms with Crippen molar-refractivity contribution in [2.24, 2.45) is 0 Å². The molecule has 1 rings (SSSR count). The van der Waals surface area contributed by atoms with Crippen LogP contribution in [0.3, 0.4) is 0 Å². The second kappa shape index (κ2) is 9.06.